The second-order valence-corrected chi connectivity index (χ2v) is 5.94. The molecule has 2 nitrogen and oxygen atoms in total. The van der Waals surface area contributed by atoms with Crippen molar-refractivity contribution in [2.24, 2.45) is 5.73 Å². The van der Waals surface area contributed by atoms with E-state index < -0.39 is 0 Å². The fraction of sp³-hybridized carbons (Fsp3) is 0.333. The fourth-order valence-electron chi connectivity index (χ4n) is 2.46. The molecular formula is C18H23ClN2. The van der Waals surface area contributed by atoms with Gasteiger partial charge in [0, 0.05) is 29.0 Å². The molecule has 112 valence electrons. The summed E-state index contributed by atoms with van der Waals surface area (Å²) >= 11 is 6.40. The van der Waals surface area contributed by atoms with E-state index in [0.717, 1.165) is 29.2 Å². The summed E-state index contributed by atoms with van der Waals surface area (Å²) in [5, 5.41) is 0.787. The van der Waals surface area contributed by atoms with Crippen molar-refractivity contribution in [1.82, 2.24) is 0 Å². The van der Waals surface area contributed by atoms with Crippen LogP contribution in [0.3, 0.4) is 0 Å². The van der Waals surface area contributed by atoms with E-state index in [2.05, 4.69) is 55.1 Å². The first kappa shape index (κ1) is 15.9. The van der Waals surface area contributed by atoms with Gasteiger partial charge < -0.3 is 10.6 Å². The van der Waals surface area contributed by atoms with Gasteiger partial charge in [0.25, 0.3) is 0 Å². The second kappa shape index (κ2) is 6.97. The molecule has 0 spiro atoms. The van der Waals surface area contributed by atoms with Crippen molar-refractivity contribution >= 4 is 23.0 Å². The minimum atomic E-state index is 0.118. The molecule has 2 N–H and O–H groups in total. The number of hydrogen-bond donors (Lipinski definition) is 1. The fourth-order valence-corrected chi connectivity index (χ4v) is 2.71. The Morgan fingerprint density at radius 1 is 1.10 bits per heavy atom. The van der Waals surface area contributed by atoms with Crippen molar-refractivity contribution in [1.29, 1.82) is 0 Å². The largest absolute Gasteiger partial charge is 0.342 e. The van der Waals surface area contributed by atoms with Crippen molar-refractivity contribution in [3.05, 3.63) is 58.6 Å². The van der Waals surface area contributed by atoms with Crippen molar-refractivity contribution < 1.29 is 0 Å². The molecule has 0 radical (unpaired) electrons. The highest BCUT2D eigenvalue weighted by atomic mass is 35.5. The minimum Gasteiger partial charge on any atom is -0.342 e. The average Bonchev–Trinajstić information content (AvgIpc) is 2.44. The van der Waals surface area contributed by atoms with E-state index in [1.54, 1.807) is 0 Å². The number of benzene rings is 2. The van der Waals surface area contributed by atoms with Crippen molar-refractivity contribution in [2.45, 2.75) is 33.2 Å². The molecule has 0 aliphatic carbocycles. The number of rotatable bonds is 5. The van der Waals surface area contributed by atoms with E-state index in [-0.39, 0.29) is 6.04 Å². The molecule has 0 heterocycles. The van der Waals surface area contributed by atoms with E-state index in [1.807, 2.05) is 13.0 Å². The number of nitrogens with two attached hydrogens (primary N) is 1. The Morgan fingerprint density at radius 2 is 1.71 bits per heavy atom. The second-order valence-electron chi connectivity index (χ2n) is 5.54. The zero-order valence-electron chi connectivity index (χ0n) is 12.9. The third kappa shape index (κ3) is 3.99. The molecule has 0 saturated carbocycles. The van der Waals surface area contributed by atoms with Gasteiger partial charge >= 0.3 is 0 Å². The van der Waals surface area contributed by atoms with Gasteiger partial charge in [-0.15, -0.1) is 0 Å². The first-order valence-electron chi connectivity index (χ1n) is 7.39. The van der Waals surface area contributed by atoms with Gasteiger partial charge in [0.1, 0.15) is 0 Å². The summed E-state index contributed by atoms with van der Waals surface area (Å²) in [7, 11) is 0. The van der Waals surface area contributed by atoms with Crippen LogP contribution in [0.5, 0.6) is 0 Å². The molecule has 2 aromatic rings. The van der Waals surface area contributed by atoms with Gasteiger partial charge in [-0.1, -0.05) is 35.4 Å². The summed E-state index contributed by atoms with van der Waals surface area (Å²) in [6.45, 7) is 7.13. The lowest BCUT2D eigenvalue weighted by Gasteiger charge is -2.24. The zero-order chi connectivity index (χ0) is 15.4. The van der Waals surface area contributed by atoms with Gasteiger partial charge in [0.05, 0.1) is 0 Å². The monoisotopic (exact) mass is 302 g/mol. The Balaban J connectivity index is 2.30. The van der Waals surface area contributed by atoms with Gasteiger partial charge in [-0.2, -0.15) is 0 Å². The van der Waals surface area contributed by atoms with Crippen LogP contribution in [-0.4, -0.2) is 12.6 Å². The van der Waals surface area contributed by atoms with Crippen molar-refractivity contribution in [3.8, 4) is 0 Å². The van der Waals surface area contributed by atoms with Crippen LogP contribution < -0.4 is 10.6 Å². The highest BCUT2D eigenvalue weighted by molar-refractivity contribution is 6.31. The number of hydrogen-bond acceptors (Lipinski definition) is 2. The quantitative estimate of drug-likeness (QED) is 0.867. The third-order valence-corrected chi connectivity index (χ3v) is 3.90. The van der Waals surface area contributed by atoms with Gasteiger partial charge in [0.2, 0.25) is 0 Å². The lowest BCUT2D eigenvalue weighted by Crippen LogP contribution is -2.19. The van der Waals surface area contributed by atoms with Gasteiger partial charge in [-0.05, 0) is 57.0 Å². The number of nitrogens with zero attached hydrogens (tertiary/aromatic N) is 1. The predicted molar refractivity (Wildman–Crippen MR) is 92.7 cm³/mol. The van der Waals surface area contributed by atoms with Crippen LogP contribution in [0.15, 0.2) is 42.5 Å². The number of anilines is 2. The Kier molecular flexibility index (Phi) is 5.27. The maximum absolute atomic E-state index is 6.40. The molecule has 0 fully saturated rings. The SMILES string of the molecule is CCN(c1ccc(C)cc1)c1ccc(CC(C)N)c(Cl)c1. The van der Waals surface area contributed by atoms with E-state index in [1.165, 1.54) is 11.3 Å². The molecule has 2 aromatic carbocycles. The van der Waals surface area contributed by atoms with Gasteiger partial charge in [-0.25, -0.2) is 0 Å². The maximum Gasteiger partial charge on any atom is 0.0459 e. The summed E-state index contributed by atoms with van der Waals surface area (Å²) in [6.07, 6.45) is 0.801. The molecule has 3 heteroatoms. The van der Waals surface area contributed by atoms with Crippen LogP contribution in [0.2, 0.25) is 5.02 Å². The highest BCUT2D eigenvalue weighted by Gasteiger charge is 2.10. The Labute approximate surface area is 132 Å². The molecular weight excluding hydrogens is 280 g/mol. The molecule has 0 saturated heterocycles. The number of halogens is 1. The zero-order valence-corrected chi connectivity index (χ0v) is 13.7. The number of aryl methyl sites for hydroxylation is 1. The van der Waals surface area contributed by atoms with E-state index in [0.29, 0.717) is 0 Å². The molecule has 0 aliphatic heterocycles. The normalized spacial score (nSPS) is 12.2. The topological polar surface area (TPSA) is 29.3 Å². The molecule has 21 heavy (non-hydrogen) atoms. The maximum atomic E-state index is 6.40. The third-order valence-electron chi connectivity index (χ3n) is 3.55. The molecule has 2 rings (SSSR count). The summed E-state index contributed by atoms with van der Waals surface area (Å²) in [6, 6.07) is 14.9. The molecule has 1 unspecified atom stereocenters. The summed E-state index contributed by atoms with van der Waals surface area (Å²) in [5.41, 5.74) is 10.5. The summed E-state index contributed by atoms with van der Waals surface area (Å²) in [5.74, 6) is 0. The molecule has 0 bridgehead atoms. The standard InChI is InChI=1S/C18H23ClN2/c1-4-21(16-8-5-13(2)6-9-16)17-10-7-15(11-14(3)20)18(19)12-17/h5-10,12,14H,4,11,20H2,1-3H3. The van der Waals surface area contributed by atoms with Crippen LogP contribution in [-0.2, 0) is 6.42 Å². The first-order valence-corrected chi connectivity index (χ1v) is 7.77. The van der Waals surface area contributed by atoms with Crippen molar-refractivity contribution in [3.63, 3.8) is 0 Å². The first-order chi connectivity index (χ1) is 10.0. The molecule has 0 aliphatic rings. The van der Waals surface area contributed by atoms with E-state index >= 15 is 0 Å². The molecule has 1 atom stereocenters. The lowest BCUT2D eigenvalue weighted by atomic mass is 10.1. The van der Waals surface area contributed by atoms with Gasteiger partial charge in [0.15, 0.2) is 0 Å². The summed E-state index contributed by atoms with van der Waals surface area (Å²) in [4.78, 5) is 2.25. The average molecular weight is 303 g/mol. The van der Waals surface area contributed by atoms with Gasteiger partial charge in [-0.3, -0.25) is 0 Å². The van der Waals surface area contributed by atoms with Crippen LogP contribution in [0.25, 0.3) is 0 Å². The predicted octanol–water partition coefficient (Wildman–Crippen LogP) is 4.70. The Bertz CT molecular complexity index is 591. The highest BCUT2D eigenvalue weighted by Crippen LogP contribution is 2.29. The van der Waals surface area contributed by atoms with Crippen LogP contribution in [0.1, 0.15) is 25.0 Å². The van der Waals surface area contributed by atoms with Crippen LogP contribution >= 0.6 is 11.6 Å². The summed E-state index contributed by atoms with van der Waals surface area (Å²) < 4.78 is 0. The smallest absolute Gasteiger partial charge is 0.0459 e. The van der Waals surface area contributed by atoms with E-state index in [4.69, 9.17) is 17.3 Å². The van der Waals surface area contributed by atoms with E-state index in [9.17, 15) is 0 Å². The molecule has 0 amide bonds. The molecule has 0 aromatic heterocycles. The van der Waals surface area contributed by atoms with Crippen LogP contribution in [0.4, 0.5) is 11.4 Å². The Hall–Kier alpha value is -1.51. The minimum absolute atomic E-state index is 0.118. The van der Waals surface area contributed by atoms with Crippen molar-refractivity contribution in [2.75, 3.05) is 11.4 Å². The lowest BCUT2D eigenvalue weighted by molar-refractivity contribution is 0.738. The van der Waals surface area contributed by atoms with Crippen LogP contribution in [0, 0.1) is 6.92 Å². The Morgan fingerprint density at radius 3 is 2.24 bits per heavy atom.